The van der Waals surface area contributed by atoms with Gasteiger partial charge in [-0.15, -0.1) is 0 Å². The van der Waals surface area contributed by atoms with E-state index in [1.807, 2.05) is 31.2 Å². The van der Waals surface area contributed by atoms with Crippen LogP contribution in [0.2, 0.25) is 0 Å². The Labute approximate surface area is 117 Å². The fourth-order valence-electron chi connectivity index (χ4n) is 2.00. The molecule has 4 heteroatoms. The highest BCUT2D eigenvalue weighted by Crippen LogP contribution is 2.27. The molecule has 1 N–H and O–H groups in total. The maximum absolute atomic E-state index is 14.0. The predicted molar refractivity (Wildman–Crippen MR) is 76.1 cm³/mol. The Morgan fingerprint density at radius 2 is 1.90 bits per heavy atom. The van der Waals surface area contributed by atoms with Crippen molar-refractivity contribution in [2.24, 2.45) is 0 Å². The van der Waals surface area contributed by atoms with Crippen LogP contribution < -0.4 is 10.1 Å². The monoisotopic (exact) mass is 277 g/mol. The second-order valence-corrected chi connectivity index (χ2v) is 4.70. The molecule has 0 aliphatic rings. The molecule has 0 heterocycles. The first-order valence-corrected chi connectivity index (χ1v) is 6.38. The standard InChI is InChI=1S/C16H17F2NO/c1-10-7-8-14(17)16(15(10)18)19-11(2)12-5-4-6-13(9-12)20-3/h4-9,11,19H,1-3H3. The summed E-state index contributed by atoms with van der Waals surface area (Å²) in [5.41, 5.74) is 1.21. The first-order valence-electron chi connectivity index (χ1n) is 6.38. The van der Waals surface area contributed by atoms with Crippen LogP contribution in [-0.2, 0) is 0 Å². The number of methoxy groups -OCH3 is 1. The number of rotatable bonds is 4. The number of ether oxygens (including phenoxy) is 1. The fraction of sp³-hybridized carbons (Fsp3) is 0.250. The second-order valence-electron chi connectivity index (χ2n) is 4.70. The van der Waals surface area contributed by atoms with Crippen LogP contribution in [0.15, 0.2) is 36.4 Å². The lowest BCUT2D eigenvalue weighted by Gasteiger charge is -2.18. The molecule has 20 heavy (non-hydrogen) atoms. The maximum atomic E-state index is 14.0. The molecule has 0 aliphatic carbocycles. The van der Waals surface area contributed by atoms with E-state index in [0.29, 0.717) is 11.3 Å². The highest BCUT2D eigenvalue weighted by molar-refractivity contribution is 5.51. The topological polar surface area (TPSA) is 21.3 Å². The molecule has 0 fully saturated rings. The minimum absolute atomic E-state index is 0.0969. The van der Waals surface area contributed by atoms with Crippen molar-refractivity contribution in [1.29, 1.82) is 0 Å². The fourth-order valence-corrected chi connectivity index (χ4v) is 2.00. The Bertz CT molecular complexity index is 613. The lowest BCUT2D eigenvalue weighted by atomic mass is 10.1. The zero-order valence-corrected chi connectivity index (χ0v) is 11.7. The SMILES string of the molecule is COc1cccc(C(C)Nc2c(F)ccc(C)c2F)c1. The zero-order valence-electron chi connectivity index (χ0n) is 11.7. The summed E-state index contributed by atoms with van der Waals surface area (Å²) < 4.78 is 32.8. The van der Waals surface area contributed by atoms with Crippen molar-refractivity contribution >= 4 is 5.69 Å². The van der Waals surface area contributed by atoms with E-state index in [2.05, 4.69) is 5.32 Å². The maximum Gasteiger partial charge on any atom is 0.152 e. The van der Waals surface area contributed by atoms with Crippen LogP contribution >= 0.6 is 0 Å². The van der Waals surface area contributed by atoms with Gasteiger partial charge in [-0.1, -0.05) is 18.2 Å². The van der Waals surface area contributed by atoms with Crippen LogP contribution in [0.25, 0.3) is 0 Å². The van der Waals surface area contributed by atoms with E-state index in [1.54, 1.807) is 14.0 Å². The van der Waals surface area contributed by atoms with Gasteiger partial charge < -0.3 is 10.1 Å². The van der Waals surface area contributed by atoms with Crippen LogP contribution in [0.3, 0.4) is 0 Å². The van der Waals surface area contributed by atoms with Gasteiger partial charge in [0.1, 0.15) is 17.3 Å². The minimum atomic E-state index is -0.595. The highest BCUT2D eigenvalue weighted by Gasteiger charge is 2.15. The molecule has 0 aromatic heterocycles. The van der Waals surface area contributed by atoms with Gasteiger partial charge in [0.2, 0.25) is 0 Å². The molecule has 1 atom stereocenters. The van der Waals surface area contributed by atoms with Gasteiger partial charge in [0.25, 0.3) is 0 Å². The number of benzene rings is 2. The van der Waals surface area contributed by atoms with Gasteiger partial charge in [-0.25, -0.2) is 8.78 Å². The molecule has 0 saturated carbocycles. The number of aryl methyl sites for hydroxylation is 1. The Balaban J connectivity index is 2.27. The van der Waals surface area contributed by atoms with Gasteiger partial charge in [-0.2, -0.15) is 0 Å². The summed E-state index contributed by atoms with van der Waals surface area (Å²) in [7, 11) is 1.58. The van der Waals surface area contributed by atoms with Crippen LogP contribution in [0.4, 0.5) is 14.5 Å². The average molecular weight is 277 g/mol. The molecule has 0 bridgehead atoms. The van der Waals surface area contributed by atoms with E-state index in [1.165, 1.54) is 12.1 Å². The third kappa shape index (κ3) is 2.90. The van der Waals surface area contributed by atoms with E-state index in [-0.39, 0.29) is 11.7 Å². The number of hydrogen-bond acceptors (Lipinski definition) is 2. The highest BCUT2D eigenvalue weighted by atomic mass is 19.1. The Kier molecular flexibility index (Phi) is 4.23. The Morgan fingerprint density at radius 1 is 1.15 bits per heavy atom. The molecule has 2 rings (SSSR count). The van der Waals surface area contributed by atoms with Crippen LogP contribution in [-0.4, -0.2) is 7.11 Å². The Hall–Kier alpha value is -2.10. The summed E-state index contributed by atoms with van der Waals surface area (Å²) >= 11 is 0. The van der Waals surface area contributed by atoms with Crippen molar-refractivity contribution in [1.82, 2.24) is 0 Å². The largest absolute Gasteiger partial charge is 0.497 e. The lowest BCUT2D eigenvalue weighted by Crippen LogP contribution is -2.10. The summed E-state index contributed by atoms with van der Waals surface area (Å²) in [5, 5.41) is 2.88. The normalized spacial score (nSPS) is 12.1. The Morgan fingerprint density at radius 3 is 2.60 bits per heavy atom. The van der Waals surface area contributed by atoms with Gasteiger partial charge in [-0.05, 0) is 43.2 Å². The van der Waals surface area contributed by atoms with Gasteiger partial charge in [-0.3, -0.25) is 0 Å². The molecule has 1 unspecified atom stereocenters. The molecule has 2 aromatic carbocycles. The average Bonchev–Trinajstić information content (AvgIpc) is 2.47. The van der Waals surface area contributed by atoms with Crippen molar-refractivity contribution in [3.63, 3.8) is 0 Å². The minimum Gasteiger partial charge on any atom is -0.497 e. The third-order valence-corrected chi connectivity index (χ3v) is 3.24. The third-order valence-electron chi connectivity index (χ3n) is 3.24. The first-order chi connectivity index (χ1) is 9.52. The van der Waals surface area contributed by atoms with E-state index < -0.39 is 11.6 Å². The molecule has 0 aliphatic heterocycles. The van der Waals surface area contributed by atoms with Crippen molar-refractivity contribution in [3.8, 4) is 5.75 Å². The van der Waals surface area contributed by atoms with Crippen molar-refractivity contribution in [2.45, 2.75) is 19.9 Å². The summed E-state index contributed by atoms with van der Waals surface area (Å²) in [6.07, 6.45) is 0. The van der Waals surface area contributed by atoms with E-state index >= 15 is 0 Å². The van der Waals surface area contributed by atoms with Gasteiger partial charge >= 0.3 is 0 Å². The van der Waals surface area contributed by atoms with Crippen molar-refractivity contribution in [2.75, 3.05) is 12.4 Å². The summed E-state index contributed by atoms with van der Waals surface area (Å²) in [4.78, 5) is 0. The van der Waals surface area contributed by atoms with E-state index in [0.717, 1.165) is 5.56 Å². The van der Waals surface area contributed by atoms with E-state index in [9.17, 15) is 8.78 Å². The molecule has 0 spiro atoms. The smallest absolute Gasteiger partial charge is 0.152 e. The molecule has 2 nitrogen and oxygen atoms in total. The van der Waals surface area contributed by atoms with Gasteiger partial charge in [0.15, 0.2) is 5.82 Å². The molecular weight excluding hydrogens is 260 g/mol. The first kappa shape index (κ1) is 14.3. The lowest BCUT2D eigenvalue weighted by molar-refractivity contribution is 0.414. The van der Waals surface area contributed by atoms with Crippen molar-refractivity contribution < 1.29 is 13.5 Å². The molecular formula is C16H17F2NO. The molecule has 2 aromatic rings. The van der Waals surface area contributed by atoms with Gasteiger partial charge in [0, 0.05) is 6.04 Å². The quantitative estimate of drug-likeness (QED) is 0.891. The molecule has 0 saturated heterocycles. The number of hydrogen-bond donors (Lipinski definition) is 1. The summed E-state index contributed by atoms with van der Waals surface area (Å²) in [6, 6.07) is 9.83. The predicted octanol–water partition coefficient (Wildman–Crippen LogP) is 4.45. The number of anilines is 1. The molecule has 106 valence electrons. The van der Waals surface area contributed by atoms with Crippen molar-refractivity contribution in [3.05, 3.63) is 59.2 Å². The number of halogens is 2. The number of nitrogens with one attached hydrogen (secondary N) is 1. The van der Waals surface area contributed by atoms with Crippen LogP contribution in [0.1, 0.15) is 24.1 Å². The van der Waals surface area contributed by atoms with Crippen LogP contribution in [0, 0.1) is 18.6 Å². The summed E-state index contributed by atoms with van der Waals surface area (Å²) in [5.74, 6) is -0.441. The van der Waals surface area contributed by atoms with E-state index in [4.69, 9.17) is 4.74 Å². The van der Waals surface area contributed by atoms with Gasteiger partial charge in [0.05, 0.1) is 7.11 Å². The summed E-state index contributed by atoms with van der Waals surface area (Å²) in [6.45, 7) is 3.45. The molecule has 0 amide bonds. The van der Waals surface area contributed by atoms with Crippen LogP contribution in [0.5, 0.6) is 5.75 Å². The zero-order chi connectivity index (χ0) is 14.7. The second kappa shape index (κ2) is 5.90. The molecule has 0 radical (unpaired) electrons.